The molecule has 1 aromatic carbocycles. The molecule has 1 unspecified atom stereocenters. The van der Waals surface area contributed by atoms with Gasteiger partial charge in [-0.2, -0.15) is 0 Å². The number of aromatic nitrogens is 1. The Morgan fingerprint density at radius 3 is 2.82 bits per heavy atom. The Balaban J connectivity index is 1.88. The van der Waals surface area contributed by atoms with Crippen molar-refractivity contribution in [3.63, 3.8) is 0 Å². The maximum atomic E-state index is 6.20. The van der Waals surface area contributed by atoms with Gasteiger partial charge >= 0.3 is 0 Å². The van der Waals surface area contributed by atoms with Crippen LogP contribution < -0.4 is 5.73 Å². The molecule has 2 nitrogen and oxygen atoms in total. The van der Waals surface area contributed by atoms with Gasteiger partial charge in [0.05, 0.1) is 16.3 Å². The van der Waals surface area contributed by atoms with E-state index in [0.717, 1.165) is 16.9 Å². The number of para-hydroxylation sites is 1. The molecule has 0 bridgehead atoms. The van der Waals surface area contributed by atoms with Crippen LogP contribution in [0.15, 0.2) is 41.8 Å². The van der Waals surface area contributed by atoms with Crippen LogP contribution >= 0.6 is 22.7 Å². The molecule has 0 saturated heterocycles. The van der Waals surface area contributed by atoms with Crippen molar-refractivity contribution in [2.24, 2.45) is 5.73 Å². The van der Waals surface area contributed by atoms with Crippen molar-refractivity contribution >= 4 is 32.9 Å². The first-order valence-corrected chi connectivity index (χ1v) is 7.16. The normalized spacial score (nSPS) is 13.0. The Kier molecular flexibility index (Phi) is 2.93. The average molecular weight is 260 g/mol. The number of hydrogen-bond acceptors (Lipinski definition) is 4. The van der Waals surface area contributed by atoms with Crippen LogP contribution in [0.5, 0.6) is 0 Å². The van der Waals surface area contributed by atoms with E-state index < -0.39 is 0 Å². The molecule has 1 atom stereocenters. The monoisotopic (exact) mass is 260 g/mol. The highest BCUT2D eigenvalue weighted by Gasteiger charge is 2.12. The van der Waals surface area contributed by atoms with Gasteiger partial charge in [0.25, 0.3) is 0 Å². The molecule has 0 aliphatic heterocycles. The molecule has 0 aliphatic carbocycles. The fraction of sp³-hybridized carbons (Fsp3) is 0.154. The zero-order chi connectivity index (χ0) is 11.7. The highest BCUT2D eigenvalue weighted by molar-refractivity contribution is 7.18. The average Bonchev–Trinajstić information content (AvgIpc) is 2.96. The summed E-state index contributed by atoms with van der Waals surface area (Å²) in [7, 11) is 0. The summed E-state index contributed by atoms with van der Waals surface area (Å²) in [4.78, 5) is 5.91. The van der Waals surface area contributed by atoms with Gasteiger partial charge in [-0.15, -0.1) is 22.7 Å². The largest absolute Gasteiger partial charge is 0.322 e. The van der Waals surface area contributed by atoms with Crippen molar-refractivity contribution in [3.8, 4) is 0 Å². The van der Waals surface area contributed by atoms with Crippen LogP contribution in [0.25, 0.3) is 10.2 Å². The van der Waals surface area contributed by atoms with Crippen molar-refractivity contribution in [3.05, 3.63) is 51.7 Å². The first-order valence-electron chi connectivity index (χ1n) is 5.46. The molecule has 17 heavy (non-hydrogen) atoms. The molecule has 2 aromatic heterocycles. The van der Waals surface area contributed by atoms with Gasteiger partial charge < -0.3 is 5.73 Å². The van der Waals surface area contributed by atoms with Gasteiger partial charge in [0.15, 0.2) is 0 Å². The van der Waals surface area contributed by atoms with Gasteiger partial charge in [0.2, 0.25) is 0 Å². The van der Waals surface area contributed by atoms with Crippen LogP contribution in [0.3, 0.4) is 0 Å². The van der Waals surface area contributed by atoms with Gasteiger partial charge in [-0.3, -0.25) is 0 Å². The minimum absolute atomic E-state index is 0.00560. The van der Waals surface area contributed by atoms with Crippen molar-refractivity contribution in [2.75, 3.05) is 0 Å². The summed E-state index contributed by atoms with van der Waals surface area (Å²) in [6.45, 7) is 0. The lowest BCUT2D eigenvalue weighted by Crippen LogP contribution is -2.12. The molecule has 3 rings (SSSR count). The van der Waals surface area contributed by atoms with Crippen LogP contribution in [-0.2, 0) is 6.42 Å². The molecule has 0 spiro atoms. The molecule has 0 amide bonds. The highest BCUT2D eigenvalue weighted by Crippen LogP contribution is 2.27. The Morgan fingerprint density at radius 1 is 1.18 bits per heavy atom. The van der Waals surface area contributed by atoms with E-state index >= 15 is 0 Å². The smallest absolute Gasteiger partial charge is 0.111 e. The molecule has 4 heteroatoms. The first kappa shape index (κ1) is 10.9. The SMILES string of the molecule is NC(Cc1cccs1)c1nc2ccccc2s1. The second-order valence-electron chi connectivity index (χ2n) is 3.91. The van der Waals surface area contributed by atoms with Crippen molar-refractivity contribution < 1.29 is 0 Å². The van der Waals surface area contributed by atoms with E-state index in [-0.39, 0.29) is 6.04 Å². The van der Waals surface area contributed by atoms with Gasteiger partial charge in [0.1, 0.15) is 5.01 Å². The van der Waals surface area contributed by atoms with Crippen molar-refractivity contribution in [1.29, 1.82) is 0 Å². The zero-order valence-electron chi connectivity index (χ0n) is 9.17. The predicted molar refractivity (Wildman–Crippen MR) is 74.6 cm³/mol. The van der Waals surface area contributed by atoms with E-state index in [2.05, 4.69) is 28.6 Å². The van der Waals surface area contributed by atoms with Crippen LogP contribution in [0, 0.1) is 0 Å². The summed E-state index contributed by atoms with van der Waals surface area (Å²) >= 11 is 3.45. The Hall–Kier alpha value is -1.23. The molecule has 0 radical (unpaired) electrons. The maximum Gasteiger partial charge on any atom is 0.111 e. The fourth-order valence-electron chi connectivity index (χ4n) is 1.78. The third-order valence-corrected chi connectivity index (χ3v) is 4.70. The molecular weight excluding hydrogens is 248 g/mol. The van der Waals surface area contributed by atoms with Crippen LogP contribution in [0.1, 0.15) is 15.9 Å². The summed E-state index contributed by atoms with van der Waals surface area (Å²) < 4.78 is 1.21. The molecule has 2 N–H and O–H groups in total. The van der Waals surface area contributed by atoms with Crippen molar-refractivity contribution in [2.45, 2.75) is 12.5 Å². The quantitative estimate of drug-likeness (QED) is 0.781. The number of thiazole rings is 1. The fourth-order valence-corrected chi connectivity index (χ4v) is 3.52. The summed E-state index contributed by atoms with van der Waals surface area (Å²) in [6, 6.07) is 12.4. The van der Waals surface area contributed by atoms with Crippen LogP contribution in [0.4, 0.5) is 0 Å². The van der Waals surface area contributed by atoms with Gasteiger partial charge in [-0.1, -0.05) is 18.2 Å². The lowest BCUT2D eigenvalue weighted by molar-refractivity contribution is 0.725. The van der Waals surface area contributed by atoms with Gasteiger partial charge in [0, 0.05) is 11.3 Å². The molecule has 2 heterocycles. The number of fused-ring (bicyclic) bond motifs is 1. The van der Waals surface area contributed by atoms with Crippen molar-refractivity contribution in [1.82, 2.24) is 4.98 Å². The summed E-state index contributed by atoms with van der Waals surface area (Å²) in [5.74, 6) is 0. The molecule has 3 aromatic rings. The standard InChI is InChI=1S/C13H12N2S2/c14-10(8-9-4-3-7-16-9)13-15-11-5-1-2-6-12(11)17-13/h1-7,10H,8,14H2. The van der Waals surface area contributed by atoms with Gasteiger partial charge in [-0.05, 0) is 23.6 Å². The van der Waals surface area contributed by atoms with E-state index in [1.54, 1.807) is 22.7 Å². The van der Waals surface area contributed by atoms with E-state index in [1.165, 1.54) is 9.58 Å². The lowest BCUT2D eigenvalue weighted by Gasteiger charge is -2.05. The second kappa shape index (κ2) is 4.56. The van der Waals surface area contributed by atoms with E-state index in [9.17, 15) is 0 Å². The summed E-state index contributed by atoms with van der Waals surface area (Å²) in [5.41, 5.74) is 7.25. The first-order chi connectivity index (χ1) is 8.33. The number of hydrogen-bond donors (Lipinski definition) is 1. The zero-order valence-corrected chi connectivity index (χ0v) is 10.8. The molecule has 0 saturated carbocycles. The molecule has 0 aliphatic rings. The maximum absolute atomic E-state index is 6.20. The number of thiophene rings is 1. The van der Waals surface area contributed by atoms with Gasteiger partial charge in [-0.25, -0.2) is 4.98 Å². The van der Waals surface area contributed by atoms with E-state index in [4.69, 9.17) is 5.73 Å². The summed E-state index contributed by atoms with van der Waals surface area (Å²) in [6.07, 6.45) is 0.873. The molecular formula is C13H12N2S2. The Morgan fingerprint density at radius 2 is 2.06 bits per heavy atom. The van der Waals surface area contributed by atoms with Crippen LogP contribution in [-0.4, -0.2) is 4.98 Å². The predicted octanol–water partition coefficient (Wildman–Crippen LogP) is 3.60. The van der Waals surface area contributed by atoms with E-state index in [1.807, 2.05) is 18.2 Å². The second-order valence-corrected chi connectivity index (χ2v) is 6.00. The Bertz CT molecular complexity index is 580. The van der Waals surface area contributed by atoms with E-state index in [0.29, 0.717) is 0 Å². The Labute approximate surface area is 108 Å². The number of benzene rings is 1. The summed E-state index contributed by atoms with van der Waals surface area (Å²) in [5, 5.41) is 3.11. The third kappa shape index (κ3) is 2.24. The van der Waals surface area contributed by atoms with Crippen LogP contribution in [0.2, 0.25) is 0 Å². The lowest BCUT2D eigenvalue weighted by atomic mass is 10.2. The topological polar surface area (TPSA) is 38.9 Å². The number of rotatable bonds is 3. The third-order valence-electron chi connectivity index (χ3n) is 2.63. The number of nitrogens with zero attached hydrogens (tertiary/aromatic N) is 1. The molecule has 0 fully saturated rings. The number of nitrogens with two attached hydrogens (primary N) is 1. The molecule has 86 valence electrons. The minimum Gasteiger partial charge on any atom is -0.322 e. The highest BCUT2D eigenvalue weighted by atomic mass is 32.1. The minimum atomic E-state index is 0.00560.